The van der Waals surface area contributed by atoms with Crippen LogP contribution in [0.25, 0.3) is 0 Å². The van der Waals surface area contributed by atoms with Gasteiger partial charge in [0.2, 0.25) is 0 Å². The lowest BCUT2D eigenvalue weighted by Crippen LogP contribution is -2.41. The number of benzene rings is 1. The zero-order valence-corrected chi connectivity index (χ0v) is 15.2. The van der Waals surface area contributed by atoms with Gasteiger partial charge in [-0.25, -0.2) is 9.38 Å². The summed E-state index contributed by atoms with van der Waals surface area (Å²) in [4.78, 5) is 4.58. The maximum atomic E-state index is 13.3. The number of ether oxygens (including phenoxy) is 1. The standard InChI is InChI=1S/C19H30FN3O2/c1-3-16(25-17-9-6-8-15(20)11-17)13-23-19(21-4-2)22-12-14-7-5-10-18(14)24/h6,8-9,11,14,16,18,24H,3-5,7,10,12-13H2,1-2H3,(H2,21,22,23). The molecule has 3 unspecified atom stereocenters. The molecule has 5 nitrogen and oxygen atoms in total. The van der Waals surface area contributed by atoms with E-state index in [-0.39, 0.29) is 23.9 Å². The Bertz CT molecular complexity index is 553. The molecule has 1 aliphatic rings. The van der Waals surface area contributed by atoms with E-state index in [0.717, 1.165) is 38.2 Å². The minimum atomic E-state index is -0.305. The molecule has 3 atom stereocenters. The van der Waals surface area contributed by atoms with Gasteiger partial charge in [0.15, 0.2) is 5.96 Å². The Morgan fingerprint density at radius 2 is 2.20 bits per heavy atom. The van der Waals surface area contributed by atoms with Crippen molar-refractivity contribution in [3.8, 4) is 5.75 Å². The van der Waals surface area contributed by atoms with Gasteiger partial charge in [0.1, 0.15) is 17.7 Å². The third-order valence-corrected chi connectivity index (χ3v) is 4.50. The van der Waals surface area contributed by atoms with Crippen molar-refractivity contribution >= 4 is 5.96 Å². The predicted molar refractivity (Wildman–Crippen MR) is 98.4 cm³/mol. The number of rotatable bonds is 8. The summed E-state index contributed by atoms with van der Waals surface area (Å²) in [6, 6.07) is 6.17. The average molecular weight is 351 g/mol. The van der Waals surface area contributed by atoms with Gasteiger partial charge in [-0.3, -0.25) is 0 Å². The van der Waals surface area contributed by atoms with Crippen molar-refractivity contribution in [3.05, 3.63) is 30.1 Å². The minimum Gasteiger partial charge on any atom is -0.488 e. The van der Waals surface area contributed by atoms with Crippen LogP contribution in [0.4, 0.5) is 4.39 Å². The molecular formula is C19H30FN3O2. The summed E-state index contributed by atoms with van der Waals surface area (Å²) in [6.45, 7) is 6.00. The molecule has 1 aliphatic carbocycles. The van der Waals surface area contributed by atoms with E-state index in [9.17, 15) is 9.50 Å². The Morgan fingerprint density at radius 3 is 2.84 bits per heavy atom. The summed E-state index contributed by atoms with van der Waals surface area (Å²) in [7, 11) is 0. The molecule has 0 radical (unpaired) electrons. The molecule has 25 heavy (non-hydrogen) atoms. The monoisotopic (exact) mass is 351 g/mol. The molecular weight excluding hydrogens is 321 g/mol. The summed E-state index contributed by atoms with van der Waals surface area (Å²) in [6.07, 6.45) is 3.47. The van der Waals surface area contributed by atoms with Gasteiger partial charge in [-0.05, 0) is 38.3 Å². The van der Waals surface area contributed by atoms with Gasteiger partial charge in [-0.2, -0.15) is 0 Å². The molecule has 0 bridgehead atoms. The van der Waals surface area contributed by atoms with Crippen molar-refractivity contribution in [1.29, 1.82) is 0 Å². The summed E-state index contributed by atoms with van der Waals surface area (Å²) in [5.41, 5.74) is 0. The second-order valence-corrected chi connectivity index (χ2v) is 6.46. The van der Waals surface area contributed by atoms with E-state index < -0.39 is 0 Å². The van der Waals surface area contributed by atoms with Crippen LogP contribution in [-0.2, 0) is 0 Å². The fourth-order valence-electron chi connectivity index (χ4n) is 3.00. The third kappa shape index (κ3) is 6.53. The Hall–Kier alpha value is -1.82. The Morgan fingerprint density at radius 1 is 1.36 bits per heavy atom. The molecule has 0 aromatic heterocycles. The molecule has 0 heterocycles. The van der Waals surface area contributed by atoms with E-state index in [4.69, 9.17) is 4.74 Å². The van der Waals surface area contributed by atoms with Crippen molar-refractivity contribution in [1.82, 2.24) is 10.6 Å². The number of hydrogen-bond donors (Lipinski definition) is 3. The summed E-state index contributed by atoms with van der Waals surface area (Å²) < 4.78 is 19.1. The number of halogens is 1. The van der Waals surface area contributed by atoms with Crippen LogP contribution in [0.5, 0.6) is 5.75 Å². The highest BCUT2D eigenvalue weighted by Gasteiger charge is 2.25. The van der Waals surface area contributed by atoms with Gasteiger partial charge in [-0.1, -0.05) is 19.4 Å². The van der Waals surface area contributed by atoms with E-state index in [1.54, 1.807) is 12.1 Å². The normalized spacial score (nSPS) is 21.8. The highest BCUT2D eigenvalue weighted by atomic mass is 19.1. The molecule has 140 valence electrons. The zero-order valence-electron chi connectivity index (χ0n) is 15.2. The molecule has 6 heteroatoms. The van der Waals surface area contributed by atoms with Crippen molar-refractivity contribution in [3.63, 3.8) is 0 Å². The number of nitrogens with zero attached hydrogens (tertiary/aromatic N) is 1. The SMILES string of the molecule is CCNC(=NCC(CC)Oc1cccc(F)c1)NCC1CCCC1O. The Balaban J connectivity index is 1.88. The number of hydrogen-bond acceptors (Lipinski definition) is 3. The Labute approximate surface area is 149 Å². The van der Waals surface area contributed by atoms with Crippen LogP contribution in [0.3, 0.4) is 0 Å². The number of guanidine groups is 1. The van der Waals surface area contributed by atoms with Crippen LogP contribution < -0.4 is 15.4 Å². The first-order valence-electron chi connectivity index (χ1n) is 9.24. The van der Waals surface area contributed by atoms with Crippen molar-refractivity contribution < 1.29 is 14.2 Å². The van der Waals surface area contributed by atoms with Crippen LogP contribution in [0.2, 0.25) is 0 Å². The average Bonchev–Trinajstić information content (AvgIpc) is 3.01. The molecule has 1 saturated carbocycles. The van der Waals surface area contributed by atoms with E-state index in [0.29, 0.717) is 18.8 Å². The maximum absolute atomic E-state index is 13.3. The molecule has 3 N–H and O–H groups in total. The van der Waals surface area contributed by atoms with Gasteiger partial charge in [0.25, 0.3) is 0 Å². The highest BCUT2D eigenvalue weighted by Crippen LogP contribution is 2.24. The van der Waals surface area contributed by atoms with Gasteiger partial charge in [0.05, 0.1) is 12.6 Å². The molecule has 0 amide bonds. The van der Waals surface area contributed by atoms with E-state index in [1.165, 1.54) is 12.1 Å². The minimum absolute atomic E-state index is 0.116. The summed E-state index contributed by atoms with van der Waals surface area (Å²) >= 11 is 0. The first-order valence-corrected chi connectivity index (χ1v) is 9.24. The topological polar surface area (TPSA) is 65.9 Å². The maximum Gasteiger partial charge on any atom is 0.191 e. The van der Waals surface area contributed by atoms with Crippen LogP contribution in [0.1, 0.15) is 39.5 Å². The molecule has 1 aromatic rings. The molecule has 0 saturated heterocycles. The zero-order chi connectivity index (χ0) is 18.1. The third-order valence-electron chi connectivity index (χ3n) is 4.50. The lowest BCUT2D eigenvalue weighted by Gasteiger charge is -2.19. The van der Waals surface area contributed by atoms with Crippen molar-refractivity contribution in [2.75, 3.05) is 19.6 Å². The van der Waals surface area contributed by atoms with E-state index in [1.807, 2.05) is 13.8 Å². The fraction of sp³-hybridized carbons (Fsp3) is 0.632. The number of aliphatic hydroxyl groups excluding tert-OH is 1. The van der Waals surface area contributed by atoms with Gasteiger partial charge < -0.3 is 20.5 Å². The molecule has 0 aliphatic heterocycles. The second-order valence-electron chi connectivity index (χ2n) is 6.46. The number of aliphatic imine (C=N–C) groups is 1. The van der Waals surface area contributed by atoms with Crippen LogP contribution in [0, 0.1) is 11.7 Å². The first-order chi connectivity index (χ1) is 12.1. The van der Waals surface area contributed by atoms with Crippen molar-refractivity contribution in [2.24, 2.45) is 10.9 Å². The van der Waals surface area contributed by atoms with Crippen molar-refractivity contribution in [2.45, 2.75) is 51.7 Å². The molecule has 2 rings (SSSR count). The molecule has 0 spiro atoms. The fourth-order valence-corrected chi connectivity index (χ4v) is 3.00. The summed E-state index contributed by atoms with van der Waals surface area (Å²) in [5.74, 6) is 1.23. The molecule has 1 fully saturated rings. The first kappa shape index (κ1) is 19.5. The van der Waals surface area contributed by atoms with E-state index >= 15 is 0 Å². The summed E-state index contributed by atoms with van der Waals surface area (Å²) in [5, 5.41) is 16.4. The second kappa shape index (κ2) is 10.2. The van der Waals surface area contributed by atoms with Crippen LogP contribution in [0.15, 0.2) is 29.3 Å². The molecule has 1 aromatic carbocycles. The lowest BCUT2D eigenvalue weighted by atomic mass is 10.1. The highest BCUT2D eigenvalue weighted by molar-refractivity contribution is 5.79. The lowest BCUT2D eigenvalue weighted by molar-refractivity contribution is 0.134. The number of aliphatic hydroxyl groups is 1. The predicted octanol–water partition coefficient (Wildman–Crippen LogP) is 2.70. The van der Waals surface area contributed by atoms with Crippen LogP contribution in [-0.4, -0.2) is 42.9 Å². The van der Waals surface area contributed by atoms with Gasteiger partial charge in [-0.15, -0.1) is 0 Å². The quantitative estimate of drug-likeness (QED) is 0.498. The van der Waals surface area contributed by atoms with E-state index in [2.05, 4.69) is 15.6 Å². The van der Waals surface area contributed by atoms with Crippen LogP contribution >= 0.6 is 0 Å². The van der Waals surface area contributed by atoms with Gasteiger partial charge in [0, 0.05) is 25.1 Å². The Kier molecular flexibility index (Phi) is 7.98. The smallest absolute Gasteiger partial charge is 0.191 e. The van der Waals surface area contributed by atoms with Gasteiger partial charge >= 0.3 is 0 Å². The number of nitrogens with one attached hydrogen (secondary N) is 2. The largest absolute Gasteiger partial charge is 0.488 e.